The molecule has 0 aliphatic heterocycles. The molecule has 22 heavy (non-hydrogen) atoms. The van der Waals surface area contributed by atoms with Crippen LogP contribution in [0.4, 0.5) is 5.69 Å². The predicted molar refractivity (Wildman–Crippen MR) is 82.6 cm³/mol. The van der Waals surface area contributed by atoms with Crippen LogP contribution in [0.2, 0.25) is 0 Å². The average Bonchev–Trinajstić information content (AvgIpc) is 3.13. The highest BCUT2D eigenvalue weighted by molar-refractivity contribution is 5.89. The lowest BCUT2D eigenvalue weighted by atomic mass is 10.0. The lowest BCUT2D eigenvalue weighted by Crippen LogP contribution is -2.18. The molecule has 0 aliphatic rings. The molecule has 0 fully saturated rings. The minimum absolute atomic E-state index is 0.0565. The van der Waals surface area contributed by atoms with Crippen LogP contribution in [0, 0.1) is 10.1 Å². The van der Waals surface area contributed by atoms with E-state index in [1.807, 2.05) is 18.8 Å². The van der Waals surface area contributed by atoms with Crippen LogP contribution in [0.5, 0.6) is 0 Å². The van der Waals surface area contributed by atoms with Crippen molar-refractivity contribution >= 4 is 16.6 Å². The molecule has 7 heteroatoms. The third-order valence-electron chi connectivity index (χ3n) is 3.55. The van der Waals surface area contributed by atoms with Gasteiger partial charge in [-0.3, -0.25) is 14.8 Å². The van der Waals surface area contributed by atoms with Crippen molar-refractivity contribution in [1.29, 1.82) is 0 Å². The number of nitro benzene ring substituents is 1. The first kappa shape index (κ1) is 14.3. The number of benzene rings is 1. The summed E-state index contributed by atoms with van der Waals surface area (Å²) in [6.45, 7) is 1.56. The second-order valence-electron chi connectivity index (χ2n) is 5.37. The molecule has 0 N–H and O–H groups in total. The Labute approximate surface area is 126 Å². The summed E-state index contributed by atoms with van der Waals surface area (Å²) in [5.41, 5.74) is 2.16. The van der Waals surface area contributed by atoms with Gasteiger partial charge in [-0.25, -0.2) is 0 Å². The molecular formula is C15H16N4O3. The maximum atomic E-state index is 11.3. The fourth-order valence-corrected chi connectivity index (χ4v) is 2.39. The van der Waals surface area contributed by atoms with Gasteiger partial charge in [0.1, 0.15) is 0 Å². The van der Waals surface area contributed by atoms with E-state index in [-0.39, 0.29) is 10.6 Å². The molecule has 2 aromatic heterocycles. The SMILES string of the molecule is CN(C)CCn1ncc2cc([N+](=O)[O-])c(-c3ccoc3)cc21. The summed E-state index contributed by atoms with van der Waals surface area (Å²) in [6.07, 6.45) is 4.68. The first-order chi connectivity index (χ1) is 10.6. The number of nitro groups is 1. The Bertz CT molecular complexity index is 806. The number of rotatable bonds is 5. The van der Waals surface area contributed by atoms with Crippen molar-refractivity contribution < 1.29 is 9.34 Å². The molecule has 3 aromatic rings. The highest BCUT2D eigenvalue weighted by Crippen LogP contribution is 2.34. The lowest BCUT2D eigenvalue weighted by molar-refractivity contribution is -0.384. The predicted octanol–water partition coefficient (Wildman–Crippen LogP) is 2.77. The highest BCUT2D eigenvalue weighted by Gasteiger charge is 2.19. The quantitative estimate of drug-likeness (QED) is 0.535. The summed E-state index contributed by atoms with van der Waals surface area (Å²) in [5, 5.41) is 16.4. The molecule has 1 aromatic carbocycles. The molecule has 0 atom stereocenters. The van der Waals surface area contributed by atoms with Gasteiger partial charge in [-0.05, 0) is 26.2 Å². The van der Waals surface area contributed by atoms with Crippen molar-refractivity contribution in [3.63, 3.8) is 0 Å². The third kappa shape index (κ3) is 2.58. The number of hydrogen-bond acceptors (Lipinski definition) is 5. The summed E-state index contributed by atoms with van der Waals surface area (Å²) in [6, 6.07) is 5.09. The van der Waals surface area contributed by atoms with Gasteiger partial charge in [0.2, 0.25) is 0 Å². The Balaban J connectivity index is 2.13. The van der Waals surface area contributed by atoms with E-state index in [9.17, 15) is 10.1 Å². The van der Waals surface area contributed by atoms with Crippen molar-refractivity contribution in [3.05, 3.63) is 47.0 Å². The van der Waals surface area contributed by atoms with Gasteiger partial charge in [0.05, 0.1) is 41.3 Å². The van der Waals surface area contributed by atoms with Gasteiger partial charge in [-0.1, -0.05) is 0 Å². The minimum Gasteiger partial charge on any atom is -0.472 e. The molecule has 0 saturated heterocycles. The van der Waals surface area contributed by atoms with Crippen LogP contribution in [-0.2, 0) is 6.54 Å². The Kier molecular flexibility index (Phi) is 3.64. The second-order valence-corrected chi connectivity index (χ2v) is 5.37. The molecular weight excluding hydrogens is 284 g/mol. The number of furan rings is 1. The number of fused-ring (bicyclic) bond motifs is 1. The third-order valence-corrected chi connectivity index (χ3v) is 3.55. The summed E-state index contributed by atoms with van der Waals surface area (Å²) in [5.74, 6) is 0. The molecule has 0 spiro atoms. The van der Waals surface area contributed by atoms with E-state index in [0.717, 1.165) is 24.0 Å². The zero-order chi connectivity index (χ0) is 15.7. The van der Waals surface area contributed by atoms with E-state index in [2.05, 4.69) is 10.00 Å². The lowest BCUT2D eigenvalue weighted by Gasteiger charge is -2.10. The number of likely N-dealkylation sites (N-methyl/N-ethyl adjacent to an activating group) is 1. The Hall–Kier alpha value is -2.67. The zero-order valence-electron chi connectivity index (χ0n) is 12.4. The van der Waals surface area contributed by atoms with Crippen molar-refractivity contribution in [2.45, 2.75) is 6.54 Å². The average molecular weight is 300 g/mol. The van der Waals surface area contributed by atoms with Gasteiger partial charge in [0.25, 0.3) is 5.69 Å². The van der Waals surface area contributed by atoms with Crippen molar-refractivity contribution in [2.75, 3.05) is 20.6 Å². The molecule has 0 aliphatic carbocycles. The van der Waals surface area contributed by atoms with E-state index in [1.165, 1.54) is 12.5 Å². The monoisotopic (exact) mass is 300 g/mol. The van der Waals surface area contributed by atoms with Gasteiger partial charge >= 0.3 is 0 Å². The van der Waals surface area contributed by atoms with Gasteiger partial charge < -0.3 is 9.32 Å². The minimum atomic E-state index is -0.376. The zero-order valence-corrected chi connectivity index (χ0v) is 12.4. The van der Waals surface area contributed by atoms with Crippen LogP contribution in [0.15, 0.2) is 41.3 Å². The van der Waals surface area contributed by atoms with Gasteiger partial charge in [0, 0.05) is 23.6 Å². The van der Waals surface area contributed by atoms with Crippen LogP contribution < -0.4 is 0 Å². The number of nitrogens with zero attached hydrogens (tertiary/aromatic N) is 4. The maximum Gasteiger partial charge on any atom is 0.278 e. The molecule has 3 rings (SSSR count). The van der Waals surface area contributed by atoms with Gasteiger partial charge in [0.15, 0.2) is 0 Å². The van der Waals surface area contributed by atoms with Crippen LogP contribution in [0.3, 0.4) is 0 Å². The van der Waals surface area contributed by atoms with E-state index in [4.69, 9.17) is 4.42 Å². The first-order valence-corrected chi connectivity index (χ1v) is 6.87. The smallest absolute Gasteiger partial charge is 0.278 e. The van der Waals surface area contributed by atoms with E-state index >= 15 is 0 Å². The Morgan fingerprint density at radius 2 is 2.23 bits per heavy atom. The molecule has 7 nitrogen and oxygen atoms in total. The maximum absolute atomic E-state index is 11.3. The topological polar surface area (TPSA) is 77.3 Å². The van der Waals surface area contributed by atoms with Crippen molar-refractivity contribution in [3.8, 4) is 11.1 Å². The second kappa shape index (κ2) is 5.61. The molecule has 2 heterocycles. The first-order valence-electron chi connectivity index (χ1n) is 6.87. The van der Waals surface area contributed by atoms with Crippen LogP contribution >= 0.6 is 0 Å². The normalized spacial score (nSPS) is 11.4. The van der Waals surface area contributed by atoms with Gasteiger partial charge in [-0.2, -0.15) is 5.10 Å². The van der Waals surface area contributed by atoms with Crippen LogP contribution in [0.1, 0.15) is 0 Å². The van der Waals surface area contributed by atoms with Crippen molar-refractivity contribution in [1.82, 2.24) is 14.7 Å². The number of aromatic nitrogens is 2. The van der Waals surface area contributed by atoms with Crippen LogP contribution in [-0.4, -0.2) is 40.2 Å². The Morgan fingerprint density at radius 3 is 2.86 bits per heavy atom. The standard InChI is InChI=1S/C15H16N4O3/c1-17(2)4-5-18-14-8-13(11-3-6-22-10-11)15(19(20)21)7-12(14)9-16-18/h3,6-10H,4-5H2,1-2H3. The number of hydrogen-bond donors (Lipinski definition) is 0. The summed E-state index contributed by atoms with van der Waals surface area (Å²) < 4.78 is 6.92. The van der Waals surface area contributed by atoms with E-state index in [0.29, 0.717) is 11.1 Å². The van der Waals surface area contributed by atoms with Crippen LogP contribution in [0.25, 0.3) is 22.0 Å². The molecule has 114 valence electrons. The van der Waals surface area contributed by atoms with Gasteiger partial charge in [-0.15, -0.1) is 0 Å². The van der Waals surface area contributed by atoms with E-state index < -0.39 is 0 Å². The molecule has 0 unspecified atom stereocenters. The fourth-order valence-electron chi connectivity index (χ4n) is 2.39. The fraction of sp³-hybridized carbons (Fsp3) is 0.267. The summed E-state index contributed by atoms with van der Waals surface area (Å²) in [7, 11) is 3.99. The van der Waals surface area contributed by atoms with E-state index in [1.54, 1.807) is 24.4 Å². The molecule has 0 amide bonds. The largest absolute Gasteiger partial charge is 0.472 e. The molecule has 0 saturated carbocycles. The summed E-state index contributed by atoms with van der Waals surface area (Å²) in [4.78, 5) is 13.0. The highest BCUT2D eigenvalue weighted by atomic mass is 16.6. The Morgan fingerprint density at radius 1 is 1.41 bits per heavy atom. The molecule has 0 bridgehead atoms. The molecule has 0 radical (unpaired) electrons. The van der Waals surface area contributed by atoms with Crippen molar-refractivity contribution in [2.24, 2.45) is 0 Å². The summed E-state index contributed by atoms with van der Waals surface area (Å²) >= 11 is 0.